The van der Waals surface area contributed by atoms with E-state index in [1.807, 2.05) is 42.5 Å². The number of benzene rings is 2. The average Bonchev–Trinajstić information content (AvgIpc) is 3.70. The molecule has 3 aromatic rings. The molecular formula is C30H27ClN2O7S2. The van der Waals surface area contributed by atoms with E-state index < -0.39 is 17.8 Å². The molecule has 218 valence electrons. The molecule has 2 aliphatic heterocycles. The van der Waals surface area contributed by atoms with Crippen LogP contribution in [0.15, 0.2) is 52.3 Å². The fraction of sp³-hybridized carbons (Fsp3) is 0.400. The Balaban J connectivity index is 1.22. The summed E-state index contributed by atoms with van der Waals surface area (Å²) in [4.78, 5) is 55.6. The summed E-state index contributed by atoms with van der Waals surface area (Å²) in [6, 6.07) is 13.3. The van der Waals surface area contributed by atoms with Crippen LogP contribution in [0.25, 0.3) is 0 Å². The van der Waals surface area contributed by atoms with Gasteiger partial charge in [-0.3, -0.25) is 24.1 Å². The molecule has 12 heteroatoms. The van der Waals surface area contributed by atoms with Gasteiger partial charge in [-0.25, -0.2) is 0 Å². The van der Waals surface area contributed by atoms with Gasteiger partial charge in [0, 0.05) is 27.6 Å². The van der Waals surface area contributed by atoms with Crippen LogP contribution in [0.4, 0.5) is 0 Å². The molecule has 3 heterocycles. The Labute approximate surface area is 254 Å². The lowest BCUT2D eigenvalue weighted by atomic mass is 9.68. The standard InChI is InChI=1S/C30H27ClN2O7S2/c1-39-19-10-14(4-7-18(19)40-12-13-2-5-15(31)6-3-13)21-22-16-11-17(25(22)41-27-26(21)42-30(38)32-27)24-23(16)28(36)33(29(24)37)9-8-20(34)35/h2-7,10,16-17,21-25H,8-9,11-12H2,1H3,(H,32,38)(H,34,35)/t16?,17?,21-,22?,23?,24?,25?/m1/s1. The molecule has 6 unspecified atom stereocenters. The second-order valence-electron chi connectivity index (χ2n) is 11.3. The lowest BCUT2D eigenvalue weighted by molar-refractivity contribution is -0.142. The molecule has 1 aromatic heterocycles. The Hall–Kier alpha value is -3.28. The van der Waals surface area contributed by atoms with E-state index in [0.717, 1.165) is 27.5 Å². The van der Waals surface area contributed by atoms with Crippen molar-refractivity contribution in [2.75, 3.05) is 13.7 Å². The number of likely N-dealkylation sites (tertiary alicyclic amines) is 1. The predicted octanol–water partition coefficient (Wildman–Crippen LogP) is 4.63. The molecule has 2 saturated carbocycles. The highest BCUT2D eigenvalue weighted by Gasteiger charge is 2.69. The van der Waals surface area contributed by atoms with E-state index in [1.54, 1.807) is 18.9 Å². The third-order valence-corrected chi connectivity index (χ3v) is 12.1. The Morgan fingerprint density at radius 3 is 2.52 bits per heavy atom. The molecule has 2 N–H and O–H groups in total. The Bertz CT molecular complexity index is 1650. The van der Waals surface area contributed by atoms with Crippen molar-refractivity contribution in [3.05, 3.63) is 73.2 Å². The molecule has 4 aliphatic rings. The average molecular weight is 627 g/mol. The van der Waals surface area contributed by atoms with E-state index in [9.17, 15) is 19.2 Å². The van der Waals surface area contributed by atoms with Gasteiger partial charge < -0.3 is 19.6 Å². The number of rotatable bonds is 8. The topological polar surface area (TPSA) is 126 Å². The number of halogens is 1. The van der Waals surface area contributed by atoms with E-state index in [4.69, 9.17) is 26.2 Å². The summed E-state index contributed by atoms with van der Waals surface area (Å²) >= 11 is 8.81. The molecule has 2 bridgehead atoms. The zero-order valence-electron chi connectivity index (χ0n) is 22.4. The van der Waals surface area contributed by atoms with Crippen molar-refractivity contribution >= 4 is 52.5 Å². The number of carbonyl (C=O) groups is 3. The summed E-state index contributed by atoms with van der Waals surface area (Å²) in [6.07, 6.45) is 0.498. The van der Waals surface area contributed by atoms with Gasteiger partial charge >= 0.3 is 10.8 Å². The van der Waals surface area contributed by atoms with Gasteiger partial charge in [-0.15, -0.1) is 11.8 Å². The minimum absolute atomic E-state index is 0.0239. The number of carboxylic acid groups (broad SMARTS) is 1. The first-order valence-corrected chi connectivity index (χ1v) is 15.8. The molecule has 9 nitrogen and oxygen atoms in total. The Kier molecular flexibility index (Phi) is 6.86. The summed E-state index contributed by atoms with van der Waals surface area (Å²) in [5.41, 5.74) is 1.92. The molecule has 0 radical (unpaired) electrons. The largest absolute Gasteiger partial charge is 0.493 e. The molecule has 2 amide bonds. The predicted molar refractivity (Wildman–Crippen MR) is 156 cm³/mol. The second kappa shape index (κ2) is 10.5. The highest BCUT2D eigenvalue weighted by molar-refractivity contribution is 8.00. The summed E-state index contributed by atoms with van der Waals surface area (Å²) in [7, 11) is 1.59. The first-order valence-electron chi connectivity index (χ1n) is 13.8. The van der Waals surface area contributed by atoms with Crippen LogP contribution in [0.1, 0.15) is 34.8 Å². The summed E-state index contributed by atoms with van der Waals surface area (Å²) in [5.74, 6) is -1.49. The van der Waals surface area contributed by atoms with Crippen molar-refractivity contribution in [2.45, 2.75) is 35.6 Å². The maximum atomic E-state index is 13.5. The molecule has 42 heavy (non-hydrogen) atoms. The third kappa shape index (κ3) is 4.36. The minimum atomic E-state index is -1.04. The second-order valence-corrected chi connectivity index (χ2v) is 13.9. The number of aliphatic carboxylic acids is 1. The molecule has 3 fully saturated rings. The fourth-order valence-corrected chi connectivity index (χ4v) is 10.6. The number of thiazole rings is 1. The monoisotopic (exact) mass is 626 g/mol. The fourth-order valence-electron chi connectivity index (χ4n) is 7.62. The van der Waals surface area contributed by atoms with E-state index in [0.29, 0.717) is 23.1 Å². The highest BCUT2D eigenvalue weighted by Crippen LogP contribution is 2.68. The van der Waals surface area contributed by atoms with Crippen LogP contribution in [0.3, 0.4) is 0 Å². The zero-order valence-corrected chi connectivity index (χ0v) is 24.8. The van der Waals surface area contributed by atoms with Crippen molar-refractivity contribution < 1.29 is 29.0 Å². The number of imide groups is 1. The van der Waals surface area contributed by atoms with E-state index in [1.165, 1.54) is 16.2 Å². The van der Waals surface area contributed by atoms with Crippen LogP contribution in [0.5, 0.6) is 11.5 Å². The van der Waals surface area contributed by atoms with Gasteiger partial charge in [-0.05, 0) is 59.6 Å². The number of carbonyl (C=O) groups excluding carboxylic acids is 2. The van der Waals surface area contributed by atoms with Gasteiger partial charge in [0.2, 0.25) is 11.8 Å². The maximum absolute atomic E-state index is 13.5. The molecule has 7 atom stereocenters. The maximum Gasteiger partial charge on any atom is 0.305 e. The van der Waals surface area contributed by atoms with Gasteiger partial charge in [0.15, 0.2) is 11.5 Å². The Morgan fingerprint density at radius 1 is 1.07 bits per heavy atom. The van der Waals surface area contributed by atoms with Crippen molar-refractivity contribution in [2.24, 2.45) is 29.6 Å². The van der Waals surface area contributed by atoms with Crippen LogP contribution in [0, 0.1) is 29.6 Å². The van der Waals surface area contributed by atoms with Crippen LogP contribution in [-0.2, 0) is 21.0 Å². The number of methoxy groups -OCH3 is 1. The van der Waals surface area contributed by atoms with Gasteiger partial charge in [-0.1, -0.05) is 41.1 Å². The summed E-state index contributed by atoms with van der Waals surface area (Å²) in [5, 5.41) is 10.7. The van der Waals surface area contributed by atoms with Gasteiger partial charge in [0.25, 0.3) is 0 Å². The summed E-state index contributed by atoms with van der Waals surface area (Å²) < 4.78 is 11.8. The number of aromatic amines is 1. The van der Waals surface area contributed by atoms with E-state index in [-0.39, 0.29) is 58.6 Å². The van der Waals surface area contributed by atoms with Gasteiger partial charge in [0.05, 0.1) is 30.4 Å². The van der Waals surface area contributed by atoms with Crippen LogP contribution >= 0.6 is 34.7 Å². The third-order valence-electron chi connectivity index (χ3n) is 9.22. The number of thioether (sulfide) groups is 1. The number of carboxylic acids is 1. The van der Waals surface area contributed by atoms with Crippen molar-refractivity contribution in [3.8, 4) is 11.5 Å². The Morgan fingerprint density at radius 2 is 1.81 bits per heavy atom. The number of nitrogens with zero attached hydrogens (tertiary/aromatic N) is 1. The zero-order chi connectivity index (χ0) is 29.3. The SMILES string of the molecule is COc1cc([C@H]2c3sc(=O)[nH]c3SC3C4CC(C5C(=O)N(CCC(=O)O)C(=O)C45)C32)ccc1OCc1ccc(Cl)cc1. The molecule has 7 rings (SSSR count). The first kappa shape index (κ1) is 27.5. The normalized spacial score (nSPS) is 28.9. The molecular weight excluding hydrogens is 600 g/mol. The lowest BCUT2D eigenvalue weighted by Crippen LogP contribution is -2.42. The molecule has 0 spiro atoms. The van der Waals surface area contributed by atoms with Gasteiger partial charge in [-0.2, -0.15) is 0 Å². The number of ether oxygens (including phenoxy) is 2. The number of amides is 2. The first-order chi connectivity index (χ1) is 20.2. The number of aromatic nitrogens is 1. The van der Waals surface area contributed by atoms with Gasteiger partial charge in [0.1, 0.15) is 6.61 Å². The van der Waals surface area contributed by atoms with E-state index >= 15 is 0 Å². The quantitative estimate of drug-likeness (QED) is 0.347. The van der Waals surface area contributed by atoms with Crippen molar-refractivity contribution in [3.63, 3.8) is 0 Å². The highest BCUT2D eigenvalue weighted by atomic mass is 35.5. The summed E-state index contributed by atoms with van der Waals surface area (Å²) in [6.45, 7) is 0.239. The van der Waals surface area contributed by atoms with Crippen molar-refractivity contribution in [1.29, 1.82) is 0 Å². The van der Waals surface area contributed by atoms with Crippen LogP contribution < -0.4 is 14.3 Å². The molecule has 2 aliphatic carbocycles. The number of nitrogens with one attached hydrogen (secondary N) is 1. The minimum Gasteiger partial charge on any atom is -0.493 e. The smallest absolute Gasteiger partial charge is 0.305 e. The lowest BCUT2D eigenvalue weighted by Gasteiger charge is -2.43. The van der Waals surface area contributed by atoms with E-state index in [2.05, 4.69) is 4.98 Å². The number of hydrogen-bond acceptors (Lipinski definition) is 8. The van der Waals surface area contributed by atoms with Crippen molar-refractivity contribution in [1.82, 2.24) is 9.88 Å². The number of fused-ring (bicyclic) bond motifs is 9. The molecule has 1 saturated heterocycles. The number of hydrogen-bond donors (Lipinski definition) is 2. The van der Waals surface area contributed by atoms with Crippen LogP contribution in [-0.4, -0.2) is 51.7 Å². The number of H-pyrrole nitrogens is 1. The molecule has 2 aromatic carbocycles. The van der Waals surface area contributed by atoms with Crippen LogP contribution in [0.2, 0.25) is 5.02 Å².